The maximum absolute atomic E-state index is 10.3. The zero-order chi connectivity index (χ0) is 10.8. The van der Waals surface area contributed by atoms with Crippen LogP contribution in [-0.2, 0) is 40.5 Å². The second-order valence-corrected chi connectivity index (χ2v) is 48.6. The molecule has 0 N–H and O–H groups in total. The summed E-state index contributed by atoms with van der Waals surface area (Å²) in [6.07, 6.45) is 0. The zero-order valence-electron chi connectivity index (χ0n) is 5.61. The van der Waals surface area contributed by atoms with Crippen LogP contribution in [0.15, 0.2) is 0 Å². The summed E-state index contributed by atoms with van der Waals surface area (Å²) >= 11 is 0. The summed E-state index contributed by atoms with van der Waals surface area (Å²) in [5.41, 5.74) is 0. The Morgan fingerprint density at radius 2 is 0.615 bits per heavy atom. The predicted octanol–water partition coefficient (Wildman–Crippen LogP) is -2.68. The molecule has 0 rings (SSSR count). The molecule has 13 heteroatoms. The molecular formula is O8S4Zn. The first-order valence-corrected chi connectivity index (χ1v) is 22.0. The summed E-state index contributed by atoms with van der Waals surface area (Å²) in [6, 6.07) is 0. The molecule has 0 aliphatic heterocycles. The Kier molecular flexibility index (Phi) is 4.38. The van der Waals surface area contributed by atoms with Crippen molar-refractivity contribution >= 4 is 32.8 Å². The Hall–Kier alpha value is -0.0966. The van der Waals surface area contributed by atoms with Gasteiger partial charge in [0.25, 0.3) is 0 Å². The molecular weight excluding hydrogens is 322 g/mol. The molecule has 0 heterocycles. The second-order valence-electron chi connectivity index (χ2n) is 1.92. The Labute approximate surface area is 73.8 Å². The Morgan fingerprint density at radius 3 is 0.615 bits per heavy atom. The summed E-state index contributed by atoms with van der Waals surface area (Å²) in [6.45, 7) is 0. The Bertz CT molecular complexity index is 724. The molecule has 0 fully saturated rings. The molecule has 0 spiro atoms. The van der Waals surface area contributed by atoms with E-state index >= 15 is 0 Å². The predicted molar refractivity (Wildman–Crippen MR) is 35.7 cm³/mol. The van der Waals surface area contributed by atoms with E-state index in [1.165, 1.54) is 0 Å². The van der Waals surface area contributed by atoms with Gasteiger partial charge in [-0.15, -0.1) is 0 Å². The van der Waals surface area contributed by atoms with E-state index in [9.17, 15) is 33.7 Å². The SMILES string of the molecule is O=[S](=O)=[Zn](=[S](=O)=O)(=[S](=O)=O)=[S](=O)=O. The van der Waals surface area contributed by atoms with Crippen LogP contribution in [0, 0.1) is 0 Å². The molecule has 0 aromatic carbocycles. The minimum atomic E-state index is -6.36. The van der Waals surface area contributed by atoms with Gasteiger partial charge in [0.1, 0.15) is 0 Å². The van der Waals surface area contributed by atoms with Gasteiger partial charge >= 0.3 is 74.2 Å². The minimum absolute atomic E-state index is 3.62. The monoisotopic (exact) mass is 320 g/mol. The molecule has 13 heavy (non-hydrogen) atoms. The summed E-state index contributed by atoms with van der Waals surface area (Å²) in [5, 5.41) is 0. The summed E-state index contributed by atoms with van der Waals surface area (Å²) < 4.78 is 82.1. The van der Waals surface area contributed by atoms with Crippen molar-refractivity contribution in [2.75, 3.05) is 0 Å². The molecule has 0 radical (unpaired) electrons. The first-order valence-electron chi connectivity index (χ1n) is 2.49. The Morgan fingerprint density at radius 1 is 0.462 bits per heavy atom. The zero-order valence-corrected chi connectivity index (χ0v) is 11.8. The normalized spacial score (nSPS) is 11.7. The van der Waals surface area contributed by atoms with Gasteiger partial charge in [0.05, 0.1) is 0 Å². The van der Waals surface area contributed by atoms with E-state index in [4.69, 9.17) is 0 Å². The van der Waals surface area contributed by atoms with Crippen LogP contribution < -0.4 is 0 Å². The maximum atomic E-state index is 10.3. The van der Waals surface area contributed by atoms with Crippen molar-refractivity contribution in [2.45, 2.75) is 0 Å². The average Bonchev–Trinajstić information content (AvgIpc) is 1.82. The molecule has 0 bridgehead atoms. The first-order chi connectivity index (χ1) is 5.77. The van der Waals surface area contributed by atoms with Crippen molar-refractivity contribution in [2.24, 2.45) is 0 Å². The molecule has 0 saturated heterocycles. The fourth-order valence-corrected chi connectivity index (χ4v) is 22.0. The third-order valence-corrected chi connectivity index (χ3v) is 54.0. The van der Waals surface area contributed by atoms with Gasteiger partial charge in [-0.2, -0.15) is 0 Å². The quantitative estimate of drug-likeness (QED) is 0.440. The molecule has 0 aliphatic rings. The van der Waals surface area contributed by atoms with Crippen molar-refractivity contribution in [3.63, 3.8) is 0 Å². The summed E-state index contributed by atoms with van der Waals surface area (Å²) in [4.78, 5) is 0. The summed E-state index contributed by atoms with van der Waals surface area (Å²) in [5.74, 6) is 0. The third kappa shape index (κ3) is 2.04. The number of hydrogen-bond donors (Lipinski definition) is 0. The van der Waals surface area contributed by atoms with Gasteiger partial charge in [0.2, 0.25) is 0 Å². The van der Waals surface area contributed by atoms with Gasteiger partial charge in [-0.3, -0.25) is 0 Å². The standard InChI is InChI=1S/4O2S.Zn/c4*1-3-2;. The van der Waals surface area contributed by atoms with Crippen molar-refractivity contribution in [1.82, 2.24) is 0 Å². The molecule has 0 saturated carbocycles. The van der Waals surface area contributed by atoms with E-state index in [-0.39, 0.29) is 0 Å². The number of rotatable bonds is 0. The molecule has 0 unspecified atom stereocenters. The molecule has 0 atom stereocenters. The second kappa shape index (κ2) is 4.41. The number of hydrogen-bond acceptors (Lipinski definition) is 8. The van der Waals surface area contributed by atoms with Gasteiger partial charge < -0.3 is 0 Å². The molecule has 8 nitrogen and oxygen atoms in total. The van der Waals surface area contributed by atoms with Crippen LogP contribution in [-0.4, -0.2) is 33.7 Å². The molecule has 0 aliphatic carbocycles. The topological polar surface area (TPSA) is 137 Å². The fraction of sp³-hybridized carbons (Fsp3) is 0. The molecule has 0 aromatic heterocycles. The van der Waals surface area contributed by atoms with Crippen LogP contribution in [0.2, 0.25) is 0 Å². The van der Waals surface area contributed by atoms with Gasteiger partial charge in [-0.25, -0.2) is 0 Å². The Balaban J connectivity index is 10.1. The van der Waals surface area contributed by atoms with E-state index in [1.54, 1.807) is 0 Å². The van der Waals surface area contributed by atoms with E-state index in [1.807, 2.05) is 0 Å². The molecule has 0 amide bonds. The van der Waals surface area contributed by atoms with E-state index in [0.717, 1.165) is 0 Å². The average molecular weight is 322 g/mol. The van der Waals surface area contributed by atoms with Crippen LogP contribution >= 0.6 is 0 Å². The van der Waals surface area contributed by atoms with Crippen molar-refractivity contribution < 1.29 is 41.5 Å². The van der Waals surface area contributed by atoms with Gasteiger partial charge in [-0.1, -0.05) is 0 Å². The van der Waals surface area contributed by atoms with Gasteiger partial charge in [0, 0.05) is 0 Å². The van der Waals surface area contributed by atoms with Crippen LogP contribution in [0.4, 0.5) is 0 Å². The molecule has 74 valence electrons. The van der Waals surface area contributed by atoms with Gasteiger partial charge in [0.15, 0.2) is 0 Å². The van der Waals surface area contributed by atoms with E-state index in [0.29, 0.717) is 0 Å². The fourth-order valence-electron chi connectivity index (χ4n) is 0.471. The van der Waals surface area contributed by atoms with Crippen LogP contribution in [0.3, 0.4) is 0 Å². The van der Waals surface area contributed by atoms with Crippen molar-refractivity contribution in [3.8, 4) is 0 Å². The van der Waals surface area contributed by atoms with Crippen LogP contribution in [0.1, 0.15) is 0 Å². The van der Waals surface area contributed by atoms with Crippen molar-refractivity contribution in [3.05, 3.63) is 0 Å². The van der Waals surface area contributed by atoms with E-state index < -0.39 is 40.5 Å². The molecule has 0 aromatic rings. The third-order valence-electron chi connectivity index (χ3n) is 1.15. The van der Waals surface area contributed by atoms with Crippen LogP contribution in [0.25, 0.3) is 0 Å². The first kappa shape index (κ1) is 12.9. The van der Waals surface area contributed by atoms with Crippen LogP contribution in [0.5, 0.6) is 0 Å². The van der Waals surface area contributed by atoms with Gasteiger partial charge in [-0.05, 0) is 0 Å². The van der Waals surface area contributed by atoms with Crippen molar-refractivity contribution in [1.29, 1.82) is 0 Å². The van der Waals surface area contributed by atoms with E-state index in [2.05, 4.69) is 0 Å². The summed E-state index contributed by atoms with van der Waals surface area (Å²) in [7, 11) is -20.8.